The number of hydroxylamine groups is 1. The van der Waals surface area contributed by atoms with Crippen molar-refractivity contribution in [1.82, 2.24) is 15.0 Å². The van der Waals surface area contributed by atoms with Gasteiger partial charge in [-0.1, -0.05) is 81.2 Å². The predicted molar refractivity (Wildman–Crippen MR) is 109 cm³/mol. The zero-order chi connectivity index (χ0) is 20.4. The number of carbonyl (C=O) groups is 1. The highest BCUT2D eigenvalue weighted by atomic mass is 35.6. The second-order valence-electron chi connectivity index (χ2n) is 4.82. The second kappa shape index (κ2) is 9.01. The van der Waals surface area contributed by atoms with Crippen LogP contribution in [0.3, 0.4) is 0 Å². The molecule has 0 atom stereocenters. The Morgan fingerprint density at radius 3 is 2.00 bits per heavy atom. The number of hydrogen-bond acceptors (Lipinski definition) is 5. The third-order valence-electron chi connectivity index (χ3n) is 2.95. The molecule has 0 aliphatic heterocycles. The maximum Gasteiger partial charge on any atom is 0.250 e. The van der Waals surface area contributed by atoms with Gasteiger partial charge in [-0.25, -0.2) is 15.0 Å². The van der Waals surface area contributed by atoms with E-state index in [-0.39, 0.29) is 29.1 Å². The van der Waals surface area contributed by atoms with Crippen LogP contribution in [0.2, 0.25) is 5.02 Å². The van der Waals surface area contributed by atoms with Crippen LogP contribution in [0.4, 0.5) is 5.69 Å². The highest BCUT2D eigenvalue weighted by Gasteiger charge is 2.34. The number of nitrogens with zero attached hydrogens (tertiary/aromatic N) is 4. The van der Waals surface area contributed by atoms with Gasteiger partial charge in [0, 0.05) is 5.56 Å². The fourth-order valence-corrected chi connectivity index (χ4v) is 2.65. The molecule has 0 aliphatic rings. The zero-order valence-electron chi connectivity index (χ0n) is 13.3. The Morgan fingerprint density at radius 1 is 1.04 bits per heavy atom. The van der Waals surface area contributed by atoms with Crippen molar-refractivity contribution < 1.29 is 9.63 Å². The number of aromatic nitrogens is 3. The van der Waals surface area contributed by atoms with E-state index in [1.807, 2.05) is 0 Å². The van der Waals surface area contributed by atoms with Gasteiger partial charge >= 0.3 is 0 Å². The van der Waals surface area contributed by atoms with Crippen LogP contribution in [0.15, 0.2) is 18.2 Å². The van der Waals surface area contributed by atoms with E-state index in [4.69, 9.17) is 86.0 Å². The average Bonchev–Trinajstić information content (AvgIpc) is 2.58. The number of anilines is 1. The summed E-state index contributed by atoms with van der Waals surface area (Å²) < 4.78 is -3.95. The molecule has 1 aromatic carbocycles. The Balaban J connectivity index is 2.57. The molecule has 1 aromatic heterocycles. The van der Waals surface area contributed by atoms with Crippen LogP contribution < -0.4 is 5.06 Å². The van der Waals surface area contributed by atoms with Crippen molar-refractivity contribution in [3.05, 3.63) is 34.9 Å². The Kier molecular flexibility index (Phi) is 7.67. The Bertz CT molecular complexity index is 807. The topological polar surface area (TPSA) is 68.2 Å². The molecular weight excluding hydrogens is 504 g/mol. The summed E-state index contributed by atoms with van der Waals surface area (Å²) in [7, 11) is 0. The van der Waals surface area contributed by atoms with E-state index in [1.54, 1.807) is 13.0 Å². The lowest BCUT2D eigenvalue weighted by molar-refractivity contribution is -0.113. The molecule has 0 aliphatic carbocycles. The van der Waals surface area contributed by atoms with E-state index < -0.39 is 7.59 Å². The molecule has 6 nitrogen and oxygen atoms in total. The maximum absolute atomic E-state index is 11.1. The van der Waals surface area contributed by atoms with E-state index in [2.05, 4.69) is 15.0 Å². The predicted octanol–water partition coefficient (Wildman–Crippen LogP) is 5.76. The van der Waals surface area contributed by atoms with Gasteiger partial charge in [-0.15, -0.1) is 0 Å². The fourth-order valence-electron chi connectivity index (χ4n) is 1.88. The van der Waals surface area contributed by atoms with Crippen molar-refractivity contribution >= 4 is 93.3 Å². The van der Waals surface area contributed by atoms with Gasteiger partial charge in [-0.2, -0.15) is 5.06 Å². The molecule has 0 fully saturated rings. The lowest BCUT2D eigenvalue weighted by Gasteiger charge is -2.18. The highest BCUT2D eigenvalue weighted by molar-refractivity contribution is 6.67. The quantitative estimate of drug-likeness (QED) is 0.289. The summed E-state index contributed by atoms with van der Waals surface area (Å²) in [6.07, 6.45) is 0.481. The van der Waals surface area contributed by atoms with Gasteiger partial charge in [0.2, 0.25) is 14.0 Å². The number of halogens is 7. The zero-order valence-corrected chi connectivity index (χ0v) is 18.6. The SMILES string of the molecule is CCON(C=O)c1ccc(-c2nc(C(Cl)(Cl)Cl)nc(C(Cl)(Cl)Cl)n2)cc1Cl. The van der Waals surface area contributed by atoms with Crippen molar-refractivity contribution in [3.63, 3.8) is 0 Å². The lowest BCUT2D eigenvalue weighted by Crippen LogP contribution is -2.21. The van der Waals surface area contributed by atoms with Crippen molar-refractivity contribution in [3.8, 4) is 11.4 Å². The Morgan fingerprint density at radius 2 is 1.59 bits per heavy atom. The molecule has 27 heavy (non-hydrogen) atoms. The summed E-state index contributed by atoms with van der Waals surface area (Å²) in [5, 5.41) is 1.17. The molecule has 1 heterocycles. The van der Waals surface area contributed by atoms with Gasteiger partial charge < -0.3 is 0 Å². The fraction of sp³-hybridized carbons (Fsp3) is 0.286. The molecule has 0 saturated heterocycles. The van der Waals surface area contributed by atoms with E-state index in [9.17, 15) is 4.79 Å². The third kappa shape index (κ3) is 5.84. The Labute approximate surface area is 189 Å². The first-order valence-corrected chi connectivity index (χ1v) is 9.69. The molecule has 1 amide bonds. The second-order valence-corrected chi connectivity index (χ2v) is 9.79. The summed E-state index contributed by atoms with van der Waals surface area (Å²) in [4.78, 5) is 28.4. The summed E-state index contributed by atoms with van der Waals surface area (Å²) in [5.41, 5.74) is 0.717. The van der Waals surface area contributed by atoms with Crippen molar-refractivity contribution in [1.29, 1.82) is 0 Å². The smallest absolute Gasteiger partial charge is 0.250 e. The van der Waals surface area contributed by atoms with Crippen LogP contribution in [-0.2, 0) is 17.2 Å². The van der Waals surface area contributed by atoms with Gasteiger partial charge in [-0.3, -0.25) is 9.63 Å². The van der Waals surface area contributed by atoms with Gasteiger partial charge in [0.1, 0.15) is 0 Å². The first kappa shape index (κ1) is 23.0. The van der Waals surface area contributed by atoms with Crippen LogP contribution in [0.5, 0.6) is 0 Å². The molecule has 13 heteroatoms. The molecule has 0 unspecified atom stereocenters. The van der Waals surface area contributed by atoms with Crippen LogP contribution in [-0.4, -0.2) is 28.0 Å². The minimum absolute atomic E-state index is 0.0511. The van der Waals surface area contributed by atoms with E-state index in [0.29, 0.717) is 17.7 Å². The first-order valence-electron chi connectivity index (χ1n) is 7.05. The first-order chi connectivity index (χ1) is 12.5. The third-order valence-corrected chi connectivity index (χ3v) is 4.27. The van der Waals surface area contributed by atoms with E-state index in [0.717, 1.165) is 5.06 Å². The lowest BCUT2D eigenvalue weighted by atomic mass is 10.2. The molecule has 2 rings (SSSR count). The van der Waals surface area contributed by atoms with Crippen molar-refractivity contribution in [2.75, 3.05) is 11.7 Å². The van der Waals surface area contributed by atoms with Gasteiger partial charge in [-0.05, 0) is 25.1 Å². The summed E-state index contributed by atoms with van der Waals surface area (Å²) in [6.45, 7) is 1.99. The number of carbonyl (C=O) groups excluding carboxylic acids is 1. The highest BCUT2D eigenvalue weighted by Crippen LogP contribution is 2.41. The minimum atomic E-state index is -1.98. The number of alkyl halides is 6. The normalized spacial score (nSPS) is 12.1. The van der Waals surface area contributed by atoms with Crippen LogP contribution >= 0.6 is 81.2 Å². The average molecular weight is 513 g/mol. The van der Waals surface area contributed by atoms with Crippen LogP contribution in [0, 0.1) is 0 Å². The molecule has 146 valence electrons. The summed E-state index contributed by atoms with van der Waals surface area (Å²) >= 11 is 41.4. The van der Waals surface area contributed by atoms with Crippen LogP contribution in [0.25, 0.3) is 11.4 Å². The number of benzene rings is 1. The summed E-state index contributed by atoms with van der Waals surface area (Å²) in [5.74, 6) is -0.416. The molecule has 0 saturated carbocycles. The standard InChI is InChI=1S/C14H9Cl7N4O2/c1-2-27-25(6-26)9-4-3-7(5-8(9)15)10-22-11(13(16,17)18)24-12(23-10)14(19,20)21/h3-6H,2H2,1H3. The molecule has 0 radical (unpaired) electrons. The number of amides is 1. The number of rotatable bonds is 5. The molecule has 0 spiro atoms. The molecule has 0 N–H and O–H groups in total. The van der Waals surface area contributed by atoms with Crippen LogP contribution in [0.1, 0.15) is 18.6 Å². The monoisotopic (exact) mass is 510 g/mol. The van der Waals surface area contributed by atoms with E-state index >= 15 is 0 Å². The maximum atomic E-state index is 11.1. The largest absolute Gasteiger partial charge is 0.276 e. The molecule has 0 bridgehead atoms. The van der Waals surface area contributed by atoms with Gasteiger partial charge in [0.25, 0.3) is 0 Å². The minimum Gasteiger partial charge on any atom is -0.276 e. The van der Waals surface area contributed by atoms with Gasteiger partial charge in [0.15, 0.2) is 17.5 Å². The number of hydrogen-bond donors (Lipinski definition) is 0. The van der Waals surface area contributed by atoms with Gasteiger partial charge in [0.05, 0.1) is 17.3 Å². The van der Waals surface area contributed by atoms with Crippen molar-refractivity contribution in [2.45, 2.75) is 14.5 Å². The van der Waals surface area contributed by atoms with E-state index in [1.165, 1.54) is 12.1 Å². The molecular formula is C14H9Cl7N4O2. The Hall–Kier alpha value is -0.310. The van der Waals surface area contributed by atoms with Crippen molar-refractivity contribution in [2.24, 2.45) is 0 Å². The molecule has 2 aromatic rings. The summed E-state index contributed by atoms with van der Waals surface area (Å²) in [6, 6.07) is 4.57.